The molecule has 2 fully saturated rings. The molecule has 0 bridgehead atoms. The number of halogens is 1. The molecule has 1 atom stereocenters. The van der Waals surface area contributed by atoms with E-state index >= 15 is 0 Å². The van der Waals surface area contributed by atoms with Crippen LogP contribution in [0.1, 0.15) is 43.3 Å². The molecule has 2 saturated heterocycles. The zero-order valence-corrected chi connectivity index (χ0v) is 22.5. The third kappa shape index (κ3) is 4.14. The van der Waals surface area contributed by atoms with Crippen molar-refractivity contribution < 1.29 is 4.39 Å². The van der Waals surface area contributed by atoms with E-state index in [0.29, 0.717) is 12.0 Å². The molecule has 5 heterocycles. The van der Waals surface area contributed by atoms with Crippen molar-refractivity contribution in [1.82, 2.24) is 23.6 Å². The Balaban J connectivity index is 1.01. The molecule has 2 aromatic carbocycles. The number of fused-ring (bicyclic) bond motifs is 3. The first-order valence-corrected chi connectivity index (χ1v) is 14.9. The fourth-order valence-electron chi connectivity index (χ4n) is 6.71. The second-order valence-electron chi connectivity index (χ2n) is 10.8. The van der Waals surface area contributed by atoms with Crippen LogP contribution in [0.25, 0.3) is 22.4 Å². The Kier molecular flexibility index (Phi) is 6.24. The molecule has 3 aliphatic heterocycles. The van der Waals surface area contributed by atoms with E-state index in [1.54, 1.807) is 12.1 Å². The van der Waals surface area contributed by atoms with E-state index in [-0.39, 0.29) is 11.9 Å². The van der Waals surface area contributed by atoms with E-state index in [0.717, 1.165) is 68.7 Å². The minimum absolute atomic E-state index is 0.0396. The fraction of sp³-hybridized carbons (Fsp3) is 0.400. The van der Waals surface area contributed by atoms with E-state index in [4.69, 9.17) is 5.10 Å². The largest absolute Gasteiger partial charge is 0.372 e. The van der Waals surface area contributed by atoms with Gasteiger partial charge in [-0.3, -0.25) is 8.99 Å². The van der Waals surface area contributed by atoms with Gasteiger partial charge in [0, 0.05) is 54.8 Å². The second-order valence-corrected chi connectivity index (χ2v) is 11.6. The lowest BCUT2D eigenvalue weighted by Crippen LogP contribution is -2.36. The van der Waals surface area contributed by atoms with Gasteiger partial charge in [0.05, 0.1) is 36.5 Å². The predicted molar refractivity (Wildman–Crippen MR) is 152 cm³/mol. The zero-order chi connectivity index (χ0) is 25.6. The molecule has 4 aromatic rings. The summed E-state index contributed by atoms with van der Waals surface area (Å²) in [7, 11) is 0. The molecule has 0 spiro atoms. The van der Waals surface area contributed by atoms with Crippen molar-refractivity contribution in [3.63, 3.8) is 0 Å². The highest BCUT2D eigenvalue weighted by Gasteiger charge is 2.38. The summed E-state index contributed by atoms with van der Waals surface area (Å²) in [6, 6.07) is 14.9. The molecule has 0 N–H and O–H groups in total. The van der Waals surface area contributed by atoms with Gasteiger partial charge < -0.3 is 9.47 Å². The summed E-state index contributed by atoms with van der Waals surface area (Å²) in [5.74, 6) is 0.299. The van der Waals surface area contributed by atoms with Crippen molar-refractivity contribution in [2.75, 3.05) is 37.3 Å². The average Bonchev–Trinajstić information content (AvgIpc) is 3.71. The summed E-state index contributed by atoms with van der Waals surface area (Å²) in [5, 5.41) is 4.71. The van der Waals surface area contributed by atoms with Crippen LogP contribution in [0.3, 0.4) is 0 Å². The van der Waals surface area contributed by atoms with E-state index in [2.05, 4.69) is 60.2 Å². The van der Waals surface area contributed by atoms with Crippen molar-refractivity contribution in [3.8, 4) is 22.4 Å². The SMILES string of the molecule is CSN1CCC(n2cc(-c3ccc(N4CCC(C5c6c(F)cccc6-c6cncn65)CC4)cc3)cn2)CC1. The maximum atomic E-state index is 14.9. The quantitative estimate of drug-likeness (QED) is 0.285. The highest BCUT2D eigenvalue weighted by atomic mass is 32.2. The molecule has 1 unspecified atom stereocenters. The van der Waals surface area contributed by atoms with Crippen LogP contribution in [0, 0.1) is 11.7 Å². The van der Waals surface area contributed by atoms with Gasteiger partial charge >= 0.3 is 0 Å². The number of anilines is 1. The Morgan fingerprint density at radius 1 is 0.895 bits per heavy atom. The lowest BCUT2D eigenvalue weighted by Gasteiger charge is -2.37. The number of hydrogen-bond acceptors (Lipinski definition) is 5. The van der Waals surface area contributed by atoms with Crippen LogP contribution >= 0.6 is 11.9 Å². The Hall–Kier alpha value is -3.10. The number of hydrogen-bond donors (Lipinski definition) is 0. The van der Waals surface area contributed by atoms with Crippen LogP contribution in [0.5, 0.6) is 0 Å². The molecule has 2 aromatic heterocycles. The molecule has 196 valence electrons. The lowest BCUT2D eigenvalue weighted by molar-refractivity contribution is 0.276. The van der Waals surface area contributed by atoms with Crippen LogP contribution in [-0.4, -0.2) is 56.1 Å². The molecule has 0 saturated carbocycles. The average molecular weight is 529 g/mol. The highest BCUT2D eigenvalue weighted by molar-refractivity contribution is 7.96. The summed E-state index contributed by atoms with van der Waals surface area (Å²) in [6.45, 7) is 4.19. The van der Waals surface area contributed by atoms with Gasteiger partial charge in [-0.2, -0.15) is 5.10 Å². The Bertz CT molecular complexity index is 1410. The molecule has 0 amide bonds. The monoisotopic (exact) mass is 528 g/mol. The number of imidazole rings is 1. The normalized spacial score (nSPS) is 20.6. The van der Waals surface area contributed by atoms with Gasteiger partial charge in [-0.1, -0.05) is 36.2 Å². The maximum Gasteiger partial charge on any atom is 0.129 e. The first kappa shape index (κ1) is 24.0. The predicted octanol–water partition coefficient (Wildman–Crippen LogP) is 6.29. The van der Waals surface area contributed by atoms with Crippen molar-refractivity contribution in [2.45, 2.75) is 37.8 Å². The molecule has 6 nitrogen and oxygen atoms in total. The zero-order valence-electron chi connectivity index (χ0n) is 21.7. The van der Waals surface area contributed by atoms with Crippen LogP contribution in [0.2, 0.25) is 0 Å². The number of aromatic nitrogens is 4. The standard InChI is InChI=1S/C30H33FN6S/c1-38-35-15-11-25(12-16-35)37-19-23(17-33-37)21-5-7-24(8-6-21)34-13-9-22(10-14-34)30-29-26(3-2-4-27(29)31)28-18-32-20-36(28)30/h2-8,17-20,22,25,30H,9-16H2,1H3. The fourth-order valence-corrected chi connectivity index (χ4v) is 7.29. The molecular weight excluding hydrogens is 495 g/mol. The van der Waals surface area contributed by atoms with Gasteiger partial charge in [0.15, 0.2) is 0 Å². The molecule has 38 heavy (non-hydrogen) atoms. The second kappa shape index (κ2) is 9.89. The lowest BCUT2D eigenvalue weighted by atomic mass is 9.85. The number of benzene rings is 2. The Morgan fingerprint density at radius 3 is 2.45 bits per heavy atom. The highest BCUT2D eigenvalue weighted by Crippen LogP contribution is 2.47. The maximum absolute atomic E-state index is 14.9. The number of rotatable bonds is 5. The van der Waals surface area contributed by atoms with Gasteiger partial charge in [0.1, 0.15) is 5.82 Å². The molecular formula is C30H33FN6S. The van der Waals surface area contributed by atoms with Crippen molar-refractivity contribution in [3.05, 3.63) is 78.8 Å². The van der Waals surface area contributed by atoms with Crippen molar-refractivity contribution >= 4 is 17.6 Å². The van der Waals surface area contributed by atoms with E-state index < -0.39 is 0 Å². The minimum atomic E-state index is -0.0945. The molecule has 7 rings (SSSR count). The minimum Gasteiger partial charge on any atom is -0.372 e. The summed E-state index contributed by atoms with van der Waals surface area (Å²) in [4.78, 5) is 6.84. The van der Waals surface area contributed by atoms with Crippen LogP contribution in [0.15, 0.2) is 67.4 Å². The van der Waals surface area contributed by atoms with Crippen molar-refractivity contribution in [2.24, 2.45) is 5.92 Å². The first-order valence-electron chi connectivity index (χ1n) is 13.7. The van der Waals surface area contributed by atoms with Gasteiger partial charge in [-0.25, -0.2) is 9.37 Å². The number of piperidine rings is 2. The Labute approximate surface area is 227 Å². The summed E-state index contributed by atoms with van der Waals surface area (Å²) in [5.41, 5.74) is 6.53. The third-order valence-electron chi connectivity index (χ3n) is 8.80. The van der Waals surface area contributed by atoms with Crippen LogP contribution < -0.4 is 4.90 Å². The first-order chi connectivity index (χ1) is 18.7. The van der Waals surface area contributed by atoms with Gasteiger partial charge in [-0.05, 0) is 61.6 Å². The summed E-state index contributed by atoms with van der Waals surface area (Å²) >= 11 is 1.84. The smallest absolute Gasteiger partial charge is 0.129 e. The van der Waals surface area contributed by atoms with Crippen molar-refractivity contribution in [1.29, 1.82) is 0 Å². The number of nitrogens with zero attached hydrogens (tertiary/aromatic N) is 6. The third-order valence-corrected chi connectivity index (χ3v) is 9.68. The van der Waals surface area contributed by atoms with Gasteiger partial charge in [-0.15, -0.1) is 0 Å². The van der Waals surface area contributed by atoms with E-state index in [1.807, 2.05) is 36.7 Å². The summed E-state index contributed by atoms with van der Waals surface area (Å²) in [6.07, 6.45) is 14.5. The van der Waals surface area contributed by atoms with E-state index in [9.17, 15) is 4.39 Å². The molecule has 8 heteroatoms. The topological polar surface area (TPSA) is 42.1 Å². The van der Waals surface area contributed by atoms with Gasteiger partial charge in [0.25, 0.3) is 0 Å². The molecule has 3 aliphatic rings. The summed E-state index contributed by atoms with van der Waals surface area (Å²) < 4.78 is 21.7. The van der Waals surface area contributed by atoms with Crippen LogP contribution in [-0.2, 0) is 0 Å². The van der Waals surface area contributed by atoms with Crippen LogP contribution in [0.4, 0.5) is 10.1 Å². The van der Waals surface area contributed by atoms with E-state index in [1.165, 1.54) is 16.8 Å². The molecule has 0 radical (unpaired) electrons. The molecule has 0 aliphatic carbocycles. The Morgan fingerprint density at radius 2 is 1.68 bits per heavy atom. The van der Waals surface area contributed by atoms with Gasteiger partial charge in [0.2, 0.25) is 0 Å².